The number of esters is 2. The highest BCUT2D eigenvalue weighted by atomic mass is 32.2. The molecule has 11 heteroatoms. The van der Waals surface area contributed by atoms with Gasteiger partial charge in [-0.05, 0) is 0 Å². The molecule has 0 radical (unpaired) electrons. The van der Waals surface area contributed by atoms with Gasteiger partial charge in [0.1, 0.15) is 48.6 Å². The van der Waals surface area contributed by atoms with Gasteiger partial charge in [-0.25, -0.2) is 0 Å². The van der Waals surface area contributed by atoms with Crippen LogP contribution in [0.5, 0.6) is 0 Å². The zero-order valence-corrected chi connectivity index (χ0v) is 13.2. The second-order valence-corrected chi connectivity index (χ2v) is 7.80. The lowest BCUT2D eigenvalue weighted by Gasteiger charge is -2.27. The topological polar surface area (TPSA) is 138 Å². The van der Waals surface area contributed by atoms with Crippen LogP contribution in [0.4, 0.5) is 0 Å². The van der Waals surface area contributed by atoms with Gasteiger partial charge in [0.05, 0.1) is 13.2 Å². The summed E-state index contributed by atoms with van der Waals surface area (Å²) < 4.78 is 56.7. The first-order valence-electron chi connectivity index (χ1n) is 7.56. The summed E-state index contributed by atoms with van der Waals surface area (Å²) in [6.45, 7) is 0.425. The number of fused-ring (bicyclic) bond motifs is 1. The fraction of sp³-hybridized carbons (Fsp3) is 0.846. The molecule has 0 aromatic carbocycles. The fourth-order valence-electron chi connectivity index (χ4n) is 3.52. The quantitative estimate of drug-likeness (QED) is 0.311. The predicted molar refractivity (Wildman–Crippen MR) is 72.4 cm³/mol. The van der Waals surface area contributed by atoms with Crippen molar-refractivity contribution >= 4 is 22.1 Å². The Hall–Kier alpha value is -1.27. The normalized spacial score (nSPS) is 42.2. The number of epoxide rings is 1. The summed E-state index contributed by atoms with van der Waals surface area (Å²) in [5.74, 6) is -3.69. The first kappa shape index (κ1) is 16.2. The van der Waals surface area contributed by atoms with E-state index in [1.54, 1.807) is 0 Å². The van der Waals surface area contributed by atoms with Crippen molar-refractivity contribution in [1.82, 2.24) is 0 Å². The molecule has 4 saturated heterocycles. The number of ether oxygens (including phenoxy) is 5. The maximum atomic E-state index is 12.3. The van der Waals surface area contributed by atoms with Gasteiger partial charge in [-0.3, -0.25) is 14.1 Å². The van der Waals surface area contributed by atoms with E-state index in [2.05, 4.69) is 0 Å². The minimum atomic E-state index is -4.24. The van der Waals surface area contributed by atoms with Gasteiger partial charge < -0.3 is 23.7 Å². The van der Waals surface area contributed by atoms with E-state index in [1.807, 2.05) is 0 Å². The van der Waals surface area contributed by atoms with E-state index in [0.717, 1.165) is 0 Å². The van der Waals surface area contributed by atoms with Crippen LogP contribution in [0.2, 0.25) is 0 Å². The van der Waals surface area contributed by atoms with Crippen LogP contribution >= 0.6 is 0 Å². The van der Waals surface area contributed by atoms with E-state index in [1.165, 1.54) is 0 Å². The highest BCUT2D eigenvalue weighted by Crippen LogP contribution is 2.51. The Balaban J connectivity index is 1.44. The number of hydrogen-bond acceptors (Lipinski definition) is 9. The molecule has 10 nitrogen and oxygen atoms in total. The Kier molecular flexibility index (Phi) is 3.80. The van der Waals surface area contributed by atoms with Crippen LogP contribution < -0.4 is 0 Å². The summed E-state index contributed by atoms with van der Waals surface area (Å²) in [5.41, 5.74) is 0. The predicted octanol–water partition coefficient (Wildman–Crippen LogP) is -1.86. The lowest BCUT2D eigenvalue weighted by atomic mass is 9.78. The third-order valence-electron chi connectivity index (χ3n) is 4.64. The molecule has 0 spiro atoms. The molecule has 2 bridgehead atoms. The van der Waals surface area contributed by atoms with E-state index in [4.69, 9.17) is 28.2 Å². The van der Waals surface area contributed by atoms with Crippen molar-refractivity contribution in [2.75, 3.05) is 25.6 Å². The second-order valence-electron chi connectivity index (χ2n) is 6.23. The number of carbonyl (C=O) groups excluding carboxylic acids is 2. The third kappa shape index (κ3) is 2.80. The van der Waals surface area contributed by atoms with Gasteiger partial charge >= 0.3 is 11.9 Å². The SMILES string of the molecule is O=C(OCCS(=O)(=O)O)C1C2OC3C(OC(=O)C31)C2OCC1CO1. The average molecular weight is 364 g/mol. The minimum absolute atomic E-state index is 0.0113. The molecule has 0 aromatic rings. The molecule has 0 aromatic heterocycles. The van der Waals surface area contributed by atoms with Crippen molar-refractivity contribution in [2.24, 2.45) is 11.8 Å². The van der Waals surface area contributed by atoms with Crippen LogP contribution in [0.25, 0.3) is 0 Å². The average Bonchev–Trinajstić information content (AvgIpc) is 3.06. The summed E-state index contributed by atoms with van der Waals surface area (Å²) >= 11 is 0. The van der Waals surface area contributed by atoms with E-state index in [-0.39, 0.29) is 6.10 Å². The van der Waals surface area contributed by atoms with Crippen LogP contribution in [-0.2, 0) is 43.4 Å². The lowest BCUT2D eigenvalue weighted by Crippen LogP contribution is -2.47. The maximum Gasteiger partial charge on any atom is 0.313 e. The zero-order chi connectivity index (χ0) is 17.1. The van der Waals surface area contributed by atoms with E-state index in [9.17, 15) is 18.0 Å². The summed E-state index contributed by atoms with van der Waals surface area (Å²) in [6.07, 6.45) is -2.37. The van der Waals surface area contributed by atoms with Gasteiger partial charge in [-0.2, -0.15) is 8.42 Å². The summed E-state index contributed by atoms with van der Waals surface area (Å²) in [5, 5.41) is 0. The summed E-state index contributed by atoms with van der Waals surface area (Å²) in [7, 11) is -4.24. The molecule has 4 heterocycles. The van der Waals surface area contributed by atoms with Crippen molar-refractivity contribution in [3.05, 3.63) is 0 Å². The number of hydrogen-bond donors (Lipinski definition) is 1. The molecule has 4 rings (SSSR count). The lowest BCUT2D eigenvalue weighted by molar-refractivity contribution is -0.155. The van der Waals surface area contributed by atoms with Gasteiger partial charge in [-0.1, -0.05) is 0 Å². The molecule has 7 atom stereocenters. The molecule has 4 fully saturated rings. The molecular formula is C13H16O10S. The van der Waals surface area contributed by atoms with Crippen molar-refractivity contribution in [3.63, 3.8) is 0 Å². The third-order valence-corrected chi connectivity index (χ3v) is 5.32. The van der Waals surface area contributed by atoms with Crippen molar-refractivity contribution in [2.45, 2.75) is 30.5 Å². The molecule has 0 saturated carbocycles. The number of carbonyl (C=O) groups is 2. The van der Waals surface area contributed by atoms with Crippen LogP contribution in [0, 0.1) is 11.8 Å². The van der Waals surface area contributed by atoms with Gasteiger partial charge in [0.25, 0.3) is 10.1 Å². The summed E-state index contributed by atoms with van der Waals surface area (Å²) in [4.78, 5) is 24.3. The largest absolute Gasteiger partial charge is 0.464 e. The van der Waals surface area contributed by atoms with E-state index in [0.29, 0.717) is 13.2 Å². The smallest absolute Gasteiger partial charge is 0.313 e. The Morgan fingerprint density at radius 1 is 1.29 bits per heavy atom. The van der Waals surface area contributed by atoms with E-state index >= 15 is 0 Å². The second kappa shape index (κ2) is 5.63. The number of rotatable bonds is 7. The van der Waals surface area contributed by atoms with Crippen molar-refractivity contribution < 1.29 is 46.2 Å². The molecule has 4 aliphatic rings. The van der Waals surface area contributed by atoms with Gasteiger partial charge in [0.2, 0.25) is 0 Å². The highest BCUT2D eigenvalue weighted by Gasteiger charge is 2.71. The maximum absolute atomic E-state index is 12.3. The summed E-state index contributed by atoms with van der Waals surface area (Å²) in [6, 6.07) is 0. The van der Waals surface area contributed by atoms with Crippen LogP contribution in [-0.4, -0.2) is 81.0 Å². The molecular weight excluding hydrogens is 348 g/mol. The van der Waals surface area contributed by atoms with Crippen LogP contribution in [0.1, 0.15) is 0 Å². The van der Waals surface area contributed by atoms with Gasteiger partial charge in [0.15, 0.2) is 6.10 Å². The minimum Gasteiger partial charge on any atom is -0.464 e. The van der Waals surface area contributed by atoms with Crippen molar-refractivity contribution in [3.8, 4) is 0 Å². The Morgan fingerprint density at radius 3 is 2.71 bits per heavy atom. The Morgan fingerprint density at radius 2 is 2.04 bits per heavy atom. The Labute approximate surface area is 137 Å². The monoisotopic (exact) mass is 364 g/mol. The zero-order valence-electron chi connectivity index (χ0n) is 12.4. The van der Waals surface area contributed by atoms with Crippen LogP contribution in [0.3, 0.4) is 0 Å². The highest BCUT2D eigenvalue weighted by molar-refractivity contribution is 7.85. The van der Waals surface area contributed by atoms with Crippen molar-refractivity contribution in [1.29, 1.82) is 0 Å². The fourth-order valence-corrected chi connectivity index (χ4v) is 3.82. The molecule has 134 valence electrons. The van der Waals surface area contributed by atoms with Crippen LogP contribution in [0.15, 0.2) is 0 Å². The van der Waals surface area contributed by atoms with E-state index < -0.39 is 70.7 Å². The molecule has 4 aliphatic heterocycles. The first-order chi connectivity index (χ1) is 11.3. The molecule has 0 amide bonds. The standard InChI is InChI=1S/C13H16O10S/c14-12(19-1-2-24(16,17)18)6-7-9-11(23-13(7)15)10(8(6)22-9)21-4-5-3-20-5/h5-11H,1-4H2,(H,16,17,18). The first-order valence-corrected chi connectivity index (χ1v) is 9.17. The molecule has 24 heavy (non-hydrogen) atoms. The molecule has 0 aliphatic carbocycles. The van der Waals surface area contributed by atoms with Gasteiger partial charge in [-0.15, -0.1) is 0 Å². The molecule has 7 unspecified atom stereocenters. The Bertz CT molecular complexity index is 656. The van der Waals surface area contributed by atoms with Gasteiger partial charge in [0, 0.05) is 0 Å². The molecule has 1 N–H and O–H groups in total.